The summed E-state index contributed by atoms with van der Waals surface area (Å²) in [5.74, 6) is -1.68. The van der Waals surface area contributed by atoms with Gasteiger partial charge in [-0.25, -0.2) is 0 Å². The lowest BCUT2D eigenvalue weighted by molar-refractivity contribution is -0.387. The van der Waals surface area contributed by atoms with Gasteiger partial charge in [0.15, 0.2) is 0 Å². The number of aryl methyl sites for hydroxylation is 1. The Morgan fingerprint density at radius 1 is 1.44 bits per heavy atom. The molecule has 1 rings (SSSR count). The normalized spacial score (nSPS) is 11.6. The summed E-state index contributed by atoms with van der Waals surface area (Å²) in [6.07, 6.45) is -4.85. The van der Waals surface area contributed by atoms with Gasteiger partial charge in [0.2, 0.25) is 5.82 Å². The number of alkyl halides is 3. The summed E-state index contributed by atoms with van der Waals surface area (Å²) in [4.78, 5) is 9.18. The molecule has 0 saturated heterocycles. The van der Waals surface area contributed by atoms with Crippen molar-refractivity contribution in [3.05, 3.63) is 38.1 Å². The molecule has 8 heteroatoms. The van der Waals surface area contributed by atoms with Gasteiger partial charge < -0.3 is 0 Å². The molecule has 0 spiro atoms. The average molecular weight is 258 g/mol. The molecular weight excluding hydrogens is 254 g/mol. The number of hydrogen-bond acceptors (Lipinski definition) is 2. The first kappa shape index (κ1) is 12.7. The van der Waals surface area contributed by atoms with E-state index < -0.39 is 38.8 Å². The van der Waals surface area contributed by atoms with Gasteiger partial charge in [0.1, 0.15) is 0 Å². The van der Waals surface area contributed by atoms with Crippen LogP contribution in [0.2, 0.25) is 5.02 Å². The van der Waals surface area contributed by atoms with Crippen molar-refractivity contribution in [3.8, 4) is 0 Å². The molecule has 1 aromatic rings. The third-order valence-corrected chi connectivity index (χ3v) is 2.22. The highest BCUT2D eigenvalue weighted by molar-refractivity contribution is 6.32. The van der Waals surface area contributed by atoms with E-state index in [2.05, 4.69) is 0 Å². The monoisotopic (exact) mass is 257 g/mol. The van der Waals surface area contributed by atoms with Crippen molar-refractivity contribution in [2.75, 3.05) is 0 Å². The van der Waals surface area contributed by atoms with Crippen LogP contribution in [-0.2, 0) is 6.18 Å². The van der Waals surface area contributed by atoms with Gasteiger partial charge in [-0.2, -0.15) is 17.6 Å². The summed E-state index contributed by atoms with van der Waals surface area (Å²) in [6.45, 7) is 0.973. The summed E-state index contributed by atoms with van der Waals surface area (Å²) < 4.78 is 50.4. The van der Waals surface area contributed by atoms with Crippen molar-refractivity contribution in [2.45, 2.75) is 13.1 Å². The second kappa shape index (κ2) is 3.89. The van der Waals surface area contributed by atoms with Crippen LogP contribution in [-0.4, -0.2) is 4.92 Å². The van der Waals surface area contributed by atoms with Gasteiger partial charge in [-0.15, -0.1) is 0 Å². The van der Waals surface area contributed by atoms with Crippen molar-refractivity contribution >= 4 is 17.3 Å². The first-order valence-electron chi connectivity index (χ1n) is 3.86. The molecule has 88 valence electrons. The van der Waals surface area contributed by atoms with Crippen LogP contribution in [0.4, 0.5) is 23.2 Å². The fraction of sp³-hybridized carbons (Fsp3) is 0.250. The fourth-order valence-electron chi connectivity index (χ4n) is 1.22. The first-order valence-corrected chi connectivity index (χ1v) is 4.24. The van der Waals surface area contributed by atoms with Crippen LogP contribution in [0.3, 0.4) is 0 Å². The predicted molar refractivity (Wildman–Crippen MR) is 47.8 cm³/mol. The van der Waals surface area contributed by atoms with Crippen LogP contribution in [0.1, 0.15) is 11.1 Å². The SMILES string of the molecule is Cc1cc([N+](=O)[O-])c(F)c(Cl)c1C(F)(F)F. The third kappa shape index (κ3) is 2.08. The first-order chi connectivity index (χ1) is 7.16. The Morgan fingerprint density at radius 3 is 2.31 bits per heavy atom. The number of nitro groups is 1. The summed E-state index contributed by atoms with van der Waals surface area (Å²) in [5, 5.41) is 9.03. The maximum Gasteiger partial charge on any atom is 0.418 e. The minimum atomic E-state index is -4.85. The van der Waals surface area contributed by atoms with Gasteiger partial charge in [-0.05, 0) is 12.5 Å². The molecule has 0 aliphatic rings. The standard InChI is InChI=1S/C8H4ClF4NO2/c1-3-2-4(14(15)16)7(10)6(9)5(3)8(11,12)13/h2H,1H3. The van der Waals surface area contributed by atoms with Crippen LogP contribution in [0.5, 0.6) is 0 Å². The molecule has 0 saturated carbocycles. The lowest BCUT2D eigenvalue weighted by atomic mass is 10.1. The number of nitrogens with zero attached hydrogens (tertiary/aromatic N) is 1. The van der Waals surface area contributed by atoms with Crippen molar-refractivity contribution in [2.24, 2.45) is 0 Å². The van der Waals surface area contributed by atoms with Gasteiger partial charge >= 0.3 is 11.9 Å². The molecule has 0 atom stereocenters. The largest absolute Gasteiger partial charge is 0.418 e. The molecule has 0 aliphatic carbocycles. The van der Waals surface area contributed by atoms with Crippen molar-refractivity contribution in [1.29, 1.82) is 0 Å². The Morgan fingerprint density at radius 2 is 1.94 bits per heavy atom. The van der Waals surface area contributed by atoms with E-state index in [1.165, 1.54) is 0 Å². The van der Waals surface area contributed by atoms with Crippen LogP contribution in [0.25, 0.3) is 0 Å². The highest BCUT2D eigenvalue weighted by Gasteiger charge is 2.38. The number of rotatable bonds is 1. The number of benzene rings is 1. The van der Waals surface area contributed by atoms with Crippen molar-refractivity contribution in [3.63, 3.8) is 0 Å². The molecule has 0 fully saturated rings. The van der Waals surface area contributed by atoms with Crippen molar-refractivity contribution < 1.29 is 22.5 Å². The van der Waals surface area contributed by atoms with E-state index >= 15 is 0 Å². The molecule has 0 aromatic heterocycles. The van der Waals surface area contributed by atoms with Gasteiger partial charge in [0, 0.05) is 6.07 Å². The number of hydrogen-bond donors (Lipinski definition) is 0. The second-order valence-electron chi connectivity index (χ2n) is 2.97. The Kier molecular flexibility index (Phi) is 3.09. The smallest absolute Gasteiger partial charge is 0.258 e. The maximum atomic E-state index is 13.1. The van der Waals surface area contributed by atoms with Crippen LogP contribution in [0, 0.1) is 22.9 Å². The topological polar surface area (TPSA) is 43.1 Å². The summed E-state index contributed by atoms with van der Waals surface area (Å²) in [5.41, 5.74) is -2.96. The molecule has 0 bridgehead atoms. The molecule has 0 amide bonds. The minimum Gasteiger partial charge on any atom is -0.258 e. The third-order valence-electron chi connectivity index (χ3n) is 1.86. The molecule has 3 nitrogen and oxygen atoms in total. The number of nitro benzene ring substituents is 1. The van der Waals surface area contributed by atoms with Crippen LogP contribution >= 0.6 is 11.6 Å². The highest BCUT2D eigenvalue weighted by Crippen LogP contribution is 2.40. The molecule has 0 unspecified atom stereocenters. The Bertz CT molecular complexity index is 458. The highest BCUT2D eigenvalue weighted by atomic mass is 35.5. The Labute approximate surface area is 91.8 Å². The van der Waals surface area contributed by atoms with Gasteiger partial charge in [-0.3, -0.25) is 10.1 Å². The molecule has 0 aliphatic heterocycles. The predicted octanol–water partition coefficient (Wildman–Crippen LogP) is 3.71. The van der Waals surface area contributed by atoms with Gasteiger partial charge in [0.05, 0.1) is 15.5 Å². The van der Waals surface area contributed by atoms with Gasteiger partial charge in [0.25, 0.3) is 0 Å². The summed E-state index contributed by atoms with van der Waals surface area (Å²) >= 11 is 5.13. The van der Waals surface area contributed by atoms with E-state index in [4.69, 9.17) is 11.6 Å². The Hall–Kier alpha value is -1.37. The van der Waals surface area contributed by atoms with E-state index in [0.717, 1.165) is 6.92 Å². The van der Waals surface area contributed by atoms with Crippen molar-refractivity contribution in [1.82, 2.24) is 0 Å². The lowest BCUT2D eigenvalue weighted by Crippen LogP contribution is -2.10. The number of halogens is 5. The molecule has 0 N–H and O–H groups in total. The average Bonchev–Trinajstić information content (AvgIpc) is 2.08. The second-order valence-corrected chi connectivity index (χ2v) is 3.35. The van der Waals surface area contributed by atoms with Crippen LogP contribution in [0.15, 0.2) is 6.07 Å². The summed E-state index contributed by atoms with van der Waals surface area (Å²) in [7, 11) is 0. The maximum absolute atomic E-state index is 13.1. The molecule has 16 heavy (non-hydrogen) atoms. The minimum absolute atomic E-state index is 0.495. The zero-order chi connectivity index (χ0) is 12.7. The molecular formula is C8H4ClF4NO2. The molecule has 0 heterocycles. The summed E-state index contributed by atoms with van der Waals surface area (Å²) in [6, 6.07) is 0.504. The van der Waals surface area contributed by atoms with Gasteiger partial charge in [-0.1, -0.05) is 11.6 Å². The Balaban J connectivity index is 3.59. The molecule has 1 aromatic carbocycles. The van der Waals surface area contributed by atoms with Crippen LogP contribution < -0.4 is 0 Å². The van der Waals surface area contributed by atoms with E-state index in [1.807, 2.05) is 0 Å². The van der Waals surface area contributed by atoms with E-state index in [1.54, 1.807) is 0 Å². The van der Waals surface area contributed by atoms with E-state index in [9.17, 15) is 27.7 Å². The zero-order valence-electron chi connectivity index (χ0n) is 7.73. The van der Waals surface area contributed by atoms with E-state index in [-0.39, 0.29) is 0 Å². The lowest BCUT2D eigenvalue weighted by Gasteiger charge is -2.12. The van der Waals surface area contributed by atoms with E-state index in [0.29, 0.717) is 6.07 Å². The zero-order valence-corrected chi connectivity index (χ0v) is 8.49. The quantitative estimate of drug-likeness (QED) is 0.437. The molecule has 0 radical (unpaired) electrons. The fourth-order valence-corrected chi connectivity index (χ4v) is 1.57.